The highest BCUT2D eigenvalue weighted by molar-refractivity contribution is 5.72. The number of hydrogen-bond donors (Lipinski definition) is 1. The van der Waals surface area contributed by atoms with Crippen molar-refractivity contribution < 1.29 is 4.79 Å². The van der Waals surface area contributed by atoms with Crippen LogP contribution in [-0.2, 0) is 4.79 Å². The number of likely N-dealkylation sites (N-methyl/N-ethyl adjacent to an activating group) is 2. The molecule has 0 aliphatic carbocycles. The first-order chi connectivity index (χ1) is 4.18. The molecule has 0 spiro atoms. The lowest BCUT2D eigenvalue weighted by molar-refractivity contribution is -0.127. The van der Waals surface area contributed by atoms with Gasteiger partial charge in [-0.25, -0.2) is 0 Å². The van der Waals surface area contributed by atoms with Gasteiger partial charge in [0.1, 0.15) is 0 Å². The van der Waals surface area contributed by atoms with Crippen LogP contribution in [0.25, 0.3) is 0 Å². The van der Waals surface area contributed by atoms with E-state index in [1.165, 1.54) is 0 Å². The molecule has 0 saturated carbocycles. The number of carbonyl (C=O) groups is 1. The van der Waals surface area contributed by atoms with E-state index >= 15 is 0 Å². The van der Waals surface area contributed by atoms with Gasteiger partial charge in [-0.3, -0.25) is 4.79 Å². The summed E-state index contributed by atoms with van der Waals surface area (Å²) in [5.74, 6) is 0.116. The minimum absolute atomic E-state index is 0.116. The first-order valence-corrected chi connectivity index (χ1v) is 3.04. The molecule has 0 aliphatic heterocycles. The summed E-state index contributed by atoms with van der Waals surface area (Å²) in [6.45, 7) is 3.21. The van der Waals surface area contributed by atoms with E-state index in [1.54, 1.807) is 18.9 Å². The van der Waals surface area contributed by atoms with E-state index in [1.807, 2.05) is 7.05 Å². The Morgan fingerprint density at radius 1 is 1.67 bits per heavy atom. The van der Waals surface area contributed by atoms with Crippen LogP contribution in [0.3, 0.4) is 0 Å². The Kier molecular flexibility index (Phi) is 4.05. The molecule has 3 heteroatoms. The van der Waals surface area contributed by atoms with Crippen LogP contribution in [0.2, 0.25) is 0 Å². The summed E-state index contributed by atoms with van der Waals surface area (Å²) in [6.07, 6.45) is 0. The van der Waals surface area contributed by atoms with E-state index in [4.69, 9.17) is 0 Å². The van der Waals surface area contributed by atoms with E-state index in [0.717, 1.165) is 13.1 Å². The minimum Gasteiger partial charge on any atom is -0.345 e. The number of carbonyl (C=O) groups excluding carboxylic acids is 1. The van der Waals surface area contributed by atoms with E-state index in [2.05, 4.69) is 5.32 Å². The maximum atomic E-state index is 10.5. The molecule has 0 aromatic heterocycles. The summed E-state index contributed by atoms with van der Waals surface area (Å²) in [5, 5.41) is 2.96. The molecule has 3 nitrogen and oxygen atoms in total. The van der Waals surface area contributed by atoms with Crippen LogP contribution < -0.4 is 5.32 Å². The van der Waals surface area contributed by atoms with Gasteiger partial charge in [-0.05, 0) is 7.05 Å². The minimum atomic E-state index is 0.116. The summed E-state index contributed by atoms with van der Waals surface area (Å²) < 4.78 is 0. The molecule has 0 heterocycles. The second-order valence-electron chi connectivity index (χ2n) is 2.04. The van der Waals surface area contributed by atoms with Crippen LogP contribution in [0.1, 0.15) is 6.92 Å². The second-order valence-corrected chi connectivity index (χ2v) is 2.04. The van der Waals surface area contributed by atoms with E-state index in [0.29, 0.717) is 0 Å². The number of nitrogens with zero attached hydrogens (tertiary/aromatic N) is 1. The summed E-state index contributed by atoms with van der Waals surface area (Å²) in [6, 6.07) is 0. The SMILES string of the molecule is CNCCN(C)C(C)=O. The fourth-order valence-corrected chi connectivity index (χ4v) is 0.437. The summed E-state index contributed by atoms with van der Waals surface area (Å²) in [7, 11) is 3.66. The molecule has 0 unspecified atom stereocenters. The third-order valence-electron chi connectivity index (χ3n) is 1.23. The summed E-state index contributed by atoms with van der Waals surface area (Å²) in [5.41, 5.74) is 0. The first-order valence-electron chi connectivity index (χ1n) is 3.04. The number of rotatable bonds is 3. The fourth-order valence-electron chi connectivity index (χ4n) is 0.437. The van der Waals surface area contributed by atoms with Crippen LogP contribution in [0.5, 0.6) is 0 Å². The molecule has 0 bridgehead atoms. The van der Waals surface area contributed by atoms with Crippen molar-refractivity contribution in [2.45, 2.75) is 6.92 Å². The highest BCUT2D eigenvalue weighted by Crippen LogP contribution is 1.79. The van der Waals surface area contributed by atoms with Gasteiger partial charge in [0, 0.05) is 27.1 Å². The molecule has 1 N–H and O–H groups in total. The van der Waals surface area contributed by atoms with Gasteiger partial charge in [-0.15, -0.1) is 0 Å². The van der Waals surface area contributed by atoms with Crippen molar-refractivity contribution in [1.82, 2.24) is 10.2 Å². The Hall–Kier alpha value is -0.570. The predicted molar refractivity (Wildman–Crippen MR) is 37.2 cm³/mol. The van der Waals surface area contributed by atoms with Crippen molar-refractivity contribution in [2.75, 3.05) is 27.2 Å². The molecule has 0 saturated heterocycles. The normalized spacial score (nSPS) is 9.22. The molecule has 0 radical (unpaired) electrons. The van der Waals surface area contributed by atoms with Crippen LogP contribution in [0, 0.1) is 0 Å². The highest BCUT2D eigenvalue weighted by Gasteiger charge is 1.97. The van der Waals surface area contributed by atoms with Crippen molar-refractivity contribution in [1.29, 1.82) is 0 Å². The monoisotopic (exact) mass is 130 g/mol. The lowest BCUT2D eigenvalue weighted by Crippen LogP contribution is -2.30. The van der Waals surface area contributed by atoms with Crippen LogP contribution in [0.15, 0.2) is 0 Å². The molecule has 1 amide bonds. The Labute approximate surface area is 56.0 Å². The molecule has 0 rings (SSSR count). The maximum absolute atomic E-state index is 10.5. The van der Waals surface area contributed by atoms with Crippen molar-refractivity contribution in [3.63, 3.8) is 0 Å². The van der Waals surface area contributed by atoms with Gasteiger partial charge in [0.25, 0.3) is 0 Å². The second kappa shape index (κ2) is 4.32. The Morgan fingerprint density at radius 3 is 2.56 bits per heavy atom. The molecule has 0 aromatic carbocycles. The van der Waals surface area contributed by atoms with Crippen LogP contribution >= 0.6 is 0 Å². The molecule has 0 aromatic rings. The van der Waals surface area contributed by atoms with E-state index in [-0.39, 0.29) is 5.91 Å². The molecule has 9 heavy (non-hydrogen) atoms. The maximum Gasteiger partial charge on any atom is 0.219 e. The lowest BCUT2D eigenvalue weighted by Gasteiger charge is -2.13. The fraction of sp³-hybridized carbons (Fsp3) is 0.833. The van der Waals surface area contributed by atoms with E-state index < -0.39 is 0 Å². The molecule has 54 valence electrons. The van der Waals surface area contributed by atoms with Gasteiger partial charge in [0.15, 0.2) is 0 Å². The Balaban J connectivity index is 3.27. The standard InChI is InChI=1S/C6H14N2O/c1-6(9)8(3)5-4-7-2/h7H,4-5H2,1-3H3. The third kappa shape index (κ3) is 3.97. The average Bonchev–Trinajstić information content (AvgIpc) is 1.82. The van der Waals surface area contributed by atoms with Crippen molar-refractivity contribution in [2.24, 2.45) is 0 Å². The van der Waals surface area contributed by atoms with Gasteiger partial charge in [-0.1, -0.05) is 0 Å². The van der Waals surface area contributed by atoms with Crippen molar-refractivity contribution >= 4 is 5.91 Å². The Morgan fingerprint density at radius 2 is 2.22 bits per heavy atom. The van der Waals surface area contributed by atoms with Gasteiger partial charge in [-0.2, -0.15) is 0 Å². The lowest BCUT2D eigenvalue weighted by atomic mass is 10.5. The average molecular weight is 130 g/mol. The smallest absolute Gasteiger partial charge is 0.219 e. The number of nitrogens with one attached hydrogen (secondary N) is 1. The highest BCUT2D eigenvalue weighted by atomic mass is 16.2. The number of hydrogen-bond acceptors (Lipinski definition) is 2. The third-order valence-corrected chi connectivity index (χ3v) is 1.23. The molecule has 0 aliphatic rings. The van der Waals surface area contributed by atoms with Crippen LogP contribution in [0.4, 0.5) is 0 Å². The van der Waals surface area contributed by atoms with Gasteiger partial charge < -0.3 is 10.2 Å². The van der Waals surface area contributed by atoms with Crippen LogP contribution in [-0.4, -0.2) is 38.0 Å². The predicted octanol–water partition coefficient (Wildman–Crippen LogP) is -0.316. The molecule has 0 atom stereocenters. The van der Waals surface area contributed by atoms with Gasteiger partial charge in [0.2, 0.25) is 5.91 Å². The topological polar surface area (TPSA) is 32.3 Å². The zero-order valence-corrected chi connectivity index (χ0v) is 6.27. The Bertz CT molecular complexity index is 93.1. The van der Waals surface area contributed by atoms with Gasteiger partial charge >= 0.3 is 0 Å². The molecular formula is C6H14N2O. The summed E-state index contributed by atoms with van der Waals surface area (Å²) in [4.78, 5) is 12.2. The van der Waals surface area contributed by atoms with Crippen molar-refractivity contribution in [3.05, 3.63) is 0 Å². The zero-order valence-electron chi connectivity index (χ0n) is 6.27. The number of amides is 1. The zero-order chi connectivity index (χ0) is 7.28. The van der Waals surface area contributed by atoms with Crippen molar-refractivity contribution in [3.8, 4) is 0 Å². The molecule has 0 fully saturated rings. The summed E-state index contributed by atoms with van der Waals surface area (Å²) >= 11 is 0. The largest absolute Gasteiger partial charge is 0.345 e. The quantitative estimate of drug-likeness (QED) is 0.568. The van der Waals surface area contributed by atoms with E-state index in [9.17, 15) is 4.79 Å². The first kappa shape index (κ1) is 8.43. The van der Waals surface area contributed by atoms with Gasteiger partial charge in [0.05, 0.1) is 0 Å². The molecular weight excluding hydrogens is 116 g/mol.